The molecular weight excluding hydrogens is 221 g/mol. The lowest BCUT2D eigenvalue weighted by Gasteiger charge is -2.10. The number of aliphatic hydroxyl groups excluding tert-OH is 1. The van der Waals surface area contributed by atoms with E-state index in [0.29, 0.717) is 12.0 Å². The first-order valence-corrected chi connectivity index (χ1v) is 5.79. The van der Waals surface area contributed by atoms with E-state index in [0.717, 1.165) is 0 Å². The number of aliphatic hydroxyl groups is 1. The summed E-state index contributed by atoms with van der Waals surface area (Å²) < 4.78 is 13.5. The topological polar surface area (TPSA) is 49.3 Å². The largest absolute Gasteiger partial charge is 0.394 e. The molecule has 0 radical (unpaired) electrons. The molecule has 0 spiro atoms. The van der Waals surface area contributed by atoms with Crippen LogP contribution in [0.15, 0.2) is 24.3 Å². The van der Waals surface area contributed by atoms with E-state index in [4.69, 9.17) is 5.11 Å². The van der Waals surface area contributed by atoms with Crippen LogP contribution in [0, 0.1) is 11.7 Å². The van der Waals surface area contributed by atoms with Gasteiger partial charge in [-0.25, -0.2) is 4.39 Å². The summed E-state index contributed by atoms with van der Waals surface area (Å²) in [6.45, 7) is 1.65. The number of halogens is 1. The average Bonchev–Trinajstić information content (AvgIpc) is 3.09. The molecule has 1 aromatic carbocycles. The van der Waals surface area contributed by atoms with Gasteiger partial charge in [-0.15, -0.1) is 0 Å². The van der Waals surface area contributed by atoms with Crippen LogP contribution in [-0.2, 0) is 4.79 Å². The molecule has 2 N–H and O–H groups in total. The van der Waals surface area contributed by atoms with Gasteiger partial charge in [-0.2, -0.15) is 0 Å². The van der Waals surface area contributed by atoms with Crippen molar-refractivity contribution < 1.29 is 14.3 Å². The van der Waals surface area contributed by atoms with Gasteiger partial charge in [0.2, 0.25) is 5.91 Å². The van der Waals surface area contributed by atoms with Crippen LogP contribution in [0.1, 0.15) is 24.8 Å². The Morgan fingerprint density at radius 2 is 2.29 bits per heavy atom. The van der Waals surface area contributed by atoms with Crippen molar-refractivity contribution >= 4 is 5.91 Å². The van der Waals surface area contributed by atoms with Gasteiger partial charge < -0.3 is 10.4 Å². The van der Waals surface area contributed by atoms with Crippen molar-refractivity contribution in [3.05, 3.63) is 35.6 Å². The molecule has 1 saturated carbocycles. The van der Waals surface area contributed by atoms with E-state index >= 15 is 0 Å². The predicted molar refractivity (Wildman–Crippen MR) is 61.9 cm³/mol. The smallest absolute Gasteiger partial charge is 0.224 e. The van der Waals surface area contributed by atoms with E-state index in [-0.39, 0.29) is 36.2 Å². The van der Waals surface area contributed by atoms with E-state index < -0.39 is 0 Å². The van der Waals surface area contributed by atoms with Crippen molar-refractivity contribution in [2.45, 2.75) is 25.3 Å². The molecule has 1 aliphatic rings. The summed E-state index contributed by atoms with van der Waals surface area (Å²) in [4.78, 5) is 11.7. The van der Waals surface area contributed by atoms with E-state index in [2.05, 4.69) is 5.32 Å². The number of rotatable bonds is 4. The minimum absolute atomic E-state index is 0.0120. The minimum atomic E-state index is -0.247. The van der Waals surface area contributed by atoms with Crippen LogP contribution >= 0.6 is 0 Å². The zero-order chi connectivity index (χ0) is 12.4. The molecule has 17 heavy (non-hydrogen) atoms. The maximum absolute atomic E-state index is 13.5. The van der Waals surface area contributed by atoms with Gasteiger partial charge in [-0.1, -0.05) is 18.2 Å². The van der Waals surface area contributed by atoms with Gasteiger partial charge in [0.05, 0.1) is 6.61 Å². The third kappa shape index (κ3) is 2.64. The first-order chi connectivity index (χ1) is 8.13. The maximum atomic E-state index is 13.5. The third-order valence-corrected chi connectivity index (χ3v) is 3.09. The van der Waals surface area contributed by atoms with Gasteiger partial charge in [-0.05, 0) is 30.9 Å². The van der Waals surface area contributed by atoms with Crippen molar-refractivity contribution in [1.82, 2.24) is 5.32 Å². The molecule has 0 saturated heterocycles. The molecule has 1 aliphatic carbocycles. The first kappa shape index (κ1) is 12.0. The summed E-state index contributed by atoms with van der Waals surface area (Å²) in [6.07, 6.45) is 0.685. The number of nitrogens with one attached hydrogen (secondary N) is 1. The highest BCUT2D eigenvalue weighted by molar-refractivity contribution is 5.83. The van der Waals surface area contributed by atoms with Gasteiger partial charge in [0, 0.05) is 12.0 Å². The Balaban J connectivity index is 1.97. The molecule has 4 heteroatoms. The summed E-state index contributed by atoms with van der Waals surface area (Å²) in [6, 6.07) is 6.32. The van der Waals surface area contributed by atoms with Gasteiger partial charge in [0.25, 0.3) is 0 Å². The van der Waals surface area contributed by atoms with Crippen molar-refractivity contribution in [3.8, 4) is 0 Å². The standard InChI is InChI=1S/C13H16FNO2/c1-8(7-16)15-13(17)11-6-10(11)9-4-2-3-5-12(9)14/h2-5,8,10-11,16H,6-7H2,1H3,(H,15,17). The van der Waals surface area contributed by atoms with Crippen LogP contribution in [0.25, 0.3) is 0 Å². The van der Waals surface area contributed by atoms with Gasteiger partial charge >= 0.3 is 0 Å². The molecule has 92 valence electrons. The van der Waals surface area contributed by atoms with Crippen LogP contribution in [0.2, 0.25) is 0 Å². The number of hydrogen-bond donors (Lipinski definition) is 2. The van der Waals surface area contributed by atoms with Crippen LogP contribution in [-0.4, -0.2) is 23.7 Å². The van der Waals surface area contributed by atoms with Crippen molar-refractivity contribution in [2.75, 3.05) is 6.61 Å². The molecule has 3 nitrogen and oxygen atoms in total. The second-order valence-corrected chi connectivity index (χ2v) is 4.56. The molecule has 2 rings (SSSR count). The highest BCUT2D eigenvalue weighted by atomic mass is 19.1. The van der Waals surface area contributed by atoms with E-state index in [9.17, 15) is 9.18 Å². The van der Waals surface area contributed by atoms with E-state index in [1.807, 2.05) is 0 Å². The number of carbonyl (C=O) groups excluding carboxylic acids is 1. The Morgan fingerprint density at radius 1 is 1.59 bits per heavy atom. The predicted octanol–water partition coefficient (Wildman–Crippen LogP) is 1.43. The van der Waals surface area contributed by atoms with Crippen molar-refractivity contribution in [2.24, 2.45) is 5.92 Å². The highest BCUT2D eigenvalue weighted by Gasteiger charge is 2.45. The van der Waals surface area contributed by atoms with E-state index in [1.165, 1.54) is 6.07 Å². The fraction of sp³-hybridized carbons (Fsp3) is 0.462. The molecular formula is C13H16FNO2. The Bertz CT molecular complexity index is 422. The molecule has 0 aromatic heterocycles. The fourth-order valence-corrected chi connectivity index (χ4v) is 2.00. The molecule has 3 unspecified atom stereocenters. The van der Waals surface area contributed by atoms with Crippen LogP contribution in [0.4, 0.5) is 4.39 Å². The van der Waals surface area contributed by atoms with Crippen molar-refractivity contribution in [1.29, 1.82) is 0 Å². The lowest BCUT2D eigenvalue weighted by Crippen LogP contribution is -2.36. The van der Waals surface area contributed by atoms with Crippen molar-refractivity contribution in [3.63, 3.8) is 0 Å². The zero-order valence-electron chi connectivity index (χ0n) is 9.69. The summed E-state index contributed by atoms with van der Waals surface area (Å²) in [5, 5.41) is 11.5. The SMILES string of the molecule is CC(CO)NC(=O)C1CC1c1ccccc1F. The lowest BCUT2D eigenvalue weighted by atomic mass is 10.1. The molecule has 0 aliphatic heterocycles. The number of carbonyl (C=O) groups is 1. The Kier molecular flexibility index (Phi) is 3.43. The quantitative estimate of drug-likeness (QED) is 0.832. The second-order valence-electron chi connectivity index (χ2n) is 4.56. The molecule has 0 heterocycles. The molecule has 0 bridgehead atoms. The lowest BCUT2D eigenvalue weighted by molar-refractivity contribution is -0.123. The molecule has 1 aromatic rings. The highest BCUT2D eigenvalue weighted by Crippen LogP contribution is 2.48. The summed E-state index contributed by atoms with van der Waals surface area (Å²) >= 11 is 0. The summed E-state index contributed by atoms with van der Waals surface area (Å²) in [5.74, 6) is -0.509. The third-order valence-electron chi connectivity index (χ3n) is 3.09. The molecule has 1 fully saturated rings. The van der Waals surface area contributed by atoms with Gasteiger partial charge in [0.1, 0.15) is 5.82 Å². The normalized spacial score (nSPS) is 24.2. The van der Waals surface area contributed by atoms with Gasteiger partial charge in [-0.3, -0.25) is 4.79 Å². The zero-order valence-corrected chi connectivity index (χ0v) is 9.69. The average molecular weight is 237 g/mol. The summed E-state index contributed by atoms with van der Waals surface area (Å²) in [5.41, 5.74) is 0.615. The van der Waals surface area contributed by atoms with Crippen LogP contribution < -0.4 is 5.32 Å². The fourth-order valence-electron chi connectivity index (χ4n) is 2.00. The van der Waals surface area contributed by atoms with E-state index in [1.54, 1.807) is 25.1 Å². The second kappa shape index (κ2) is 4.84. The molecule has 3 atom stereocenters. The van der Waals surface area contributed by atoms with Gasteiger partial charge in [0.15, 0.2) is 0 Å². The number of amides is 1. The summed E-state index contributed by atoms with van der Waals surface area (Å²) in [7, 11) is 0. The Labute approximate surface area is 99.7 Å². The Morgan fingerprint density at radius 3 is 2.94 bits per heavy atom. The minimum Gasteiger partial charge on any atom is -0.394 e. The Hall–Kier alpha value is -1.42. The van der Waals surface area contributed by atoms with Crippen LogP contribution in [0.5, 0.6) is 0 Å². The number of benzene rings is 1. The molecule has 1 amide bonds. The number of hydrogen-bond acceptors (Lipinski definition) is 2. The first-order valence-electron chi connectivity index (χ1n) is 5.79. The maximum Gasteiger partial charge on any atom is 0.224 e. The monoisotopic (exact) mass is 237 g/mol. The van der Waals surface area contributed by atoms with Crippen LogP contribution in [0.3, 0.4) is 0 Å².